The number of aryl methyl sites for hydroxylation is 1. The first-order valence-electron chi connectivity index (χ1n) is 12.4. The molecule has 0 N–H and O–H groups in total. The zero-order valence-electron chi connectivity index (χ0n) is 20.4. The average molecular weight is 443 g/mol. The second-order valence-electron chi connectivity index (χ2n) is 13.0. The van der Waals surface area contributed by atoms with E-state index in [1.165, 1.54) is 32.1 Å². The van der Waals surface area contributed by atoms with Gasteiger partial charge in [0.1, 0.15) is 0 Å². The lowest BCUT2D eigenvalue weighted by molar-refractivity contribution is -0.237. The molecule has 3 aliphatic carbocycles. The highest BCUT2D eigenvalue weighted by Crippen LogP contribution is 2.66. The Balaban J connectivity index is 1.55. The molecule has 0 aromatic heterocycles. The molecule has 2 nitrogen and oxygen atoms in total. The summed E-state index contributed by atoms with van der Waals surface area (Å²) in [4.78, 5) is 0. The summed E-state index contributed by atoms with van der Waals surface area (Å²) in [5.74, 6) is 2.06. The molecule has 3 fully saturated rings. The monoisotopic (exact) mass is 442 g/mol. The number of benzene rings is 1. The molecule has 1 aromatic rings. The van der Waals surface area contributed by atoms with E-state index in [9.17, 15) is 0 Å². The lowest BCUT2D eigenvalue weighted by Gasteiger charge is -2.53. The minimum Gasteiger partial charge on any atom is -0.347 e. The van der Waals surface area contributed by atoms with Crippen molar-refractivity contribution in [1.29, 1.82) is 0 Å². The zero-order chi connectivity index (χ0) is 21.5. The Morgan fingerprint density at radius 3 is 2.10 bits per heavy atom. The summed E-state index contributed by atoms with van der Waals surface area (Å²) < 4.78 is 12.7. The molecule has 1 spiro atoms. The van der Waals surface area contributed by atoms with Gasteiger partial charge in [-0.1, -0.05) is 68.7 Å². The molecular formula is C26H42O2Si2. The fourth-order valence-electron chi connectivity index (χ4n) is 7.75. The topological polar surface area (TPSA) is 18.5 Å². The summed E-state index contributed by atoms with van der Waals surface area (Å²) in [5.41, 5.74) is 3.64. The summed E-state index contributed by atoms with van der Waals surface area (Å²) in [6.45, 7) is 19.3. The lowest BCUT2D eigenvalue weighted by atomic mass is 9.55. The van der Waals surface area contributed by atoms with Gasteiger partial charge in [-0.3, -0.25) is 0 Å². The Hall–Kier alpha value is -0.426. The Morgan fingerprint density at radius 2 is 1.47 bits per heavy atom. The molecule has 1 heterocycles. The highest BCUT2D eigenvalue weighted by Gasteiger charge is 2.65. The van der Waals surface area contributed by atoms with E-state index < -0.39 is 16.1 Å². The van der Waals surface area contributed by atoms with Crippen LogP contribution in [0.3, 0.4) is 0 Å². The number of hydrogen-bond acceptors (Lipinski definition) is 2. The molecule has 2 saturated carbocycles. The number of hydrogen-bond donors (Lipinski definition) is 0. The van der Waals surface area contributed by atoms with Crippen molar-refractivity contribution in [1.82, 2.24) is 0 Å². The summed E-state index contributed by atoms with van der Waals surface area (Å²) in [7, 11) is -2.72. The molecule has 5 rings (SSSR count). The molecule has 0 amide bonds. The lowest BCUT2D eigenvalue weighted by Crippen LogP contribution is -2.57. The highest BCUT2D eigenvalue weighted by atomic mass is 28.3. The van der Waals surface area contributed by atoms with Crippen molar-refractivity contribution in [3.05, 3.63) is 23.3 Å². The second-order valence-corrected chi connectivity index (χ2v) is 23.0. The van der Waals surface area contributed by atoms with E-state index in [2.05, 4.69) is 58.3 Å². The third kappa shape index (κ3) is 3.00. The van der Waals surface area contributed by atoms with Crippen molar-refractivity contribution in [3.8, 4) is 0 Å². The zero-order valence-corrected chi connectivity index (χ0v) is 22.4. The first kappa shape index (κ1) is 21.4. The normalized spacial score (nSPS) is 35.2. The number of fused-ring (bicyclic) bond motifs is 6. The van der Waals surface area contributed by atoms with Crippen LogP contribution >= 0.6 is 0 Å². The molecule has 30 heavy (non-hydrogen) atoms. The standard InChI is InChI=1S/C26H42O2Si2/c1-25-12-10-19-20(22(25)11-13-26(25)27-14-15-28-26)9-8-18-16-23(29(2,3)4)24(17-21(18)19)30(5,6)7/h16-17,19-20,22H,8-15H2,1-7H3/t19-,20+,22-,25-/m0/s1. The molecule has 4 aliphatic rings. The Labute approximate surface area is 186 Å². The first-order valence-corrected chi connectivity index (χ1v) is 19.4. The fourth-order valence-corrected chi connectivity index (χ4v) is 13.0. The quantitative estimate of drug-likeness (QED) is 0.573. The van der Waals surface area contributed by atoms with Crippen LogP contribution in [0, 0.1) is 17.3 Å². The maximum atomic E-state index is 6.33. The van der Waals surface area contributed by atoms with Crippen molar-refractivity contribution < 1.29 is 9.47 Å². The van der Waals surface area contributed by atoms with Crippen LogP contribution < -0.4 is 10.4 Å². The van der Waals surface area contributed by atoms with Crippen molar-refractivity contribution in [2.24, 2.45) is 17.3 Å². The molecule has 0 unspecified atom stereocenters. The molecule has 1 aromatic carbocycles. The van der Waals surface area contributed by atoms with Crippen LogP contribution in [-0.4, -0.2) is 35.1 Å². The number of ether oxygens (including phenoxy) is 2. The fraction of sp³-hybridized carbons (Fsp3) is 0.769. The van der Waals surface area contributed by atoms with E-state index in [-0.39, 0.29) is 11.2 Å². The molecule has 166 valence electrons. The SMILES string of the molecule is C[C@]12CC[C@@H]3c4cc([Si](C)(C)C)c([Si](C)(C)C)cc4CC[C@H]3[C@@H]1CCC21OCCO1. The van der Waals surface area contributed by atoms with Crippen LogP contribution in [-0.2, 0) is 15.9 Å². The van der Waals surface area contributed by atoms with Gasteiger partial charge in [-0.2, -0.15) is 0 Å². The van der Waals surface area contributed by atoms with Crippen LogP contribution in [0.2, 0.25) is 39.3 Å². The maximum Gasteiger partial charge on any atom is 0.174 e. The van der Waals surface area contributed by atoms with Gasteiger partial charge in [0.15, 0.2) is 5.79 Å². The molecular weight excluding hydrogens is 400 g/mol. The summed E-state index contributed by atoms with van der Waals surface area (Å²) >= 11 is 0. The van der Waals surface area contributed by atoms with E-state index in [4.69, 9.17) is 9.47 Å². The molecule has 4 heteroatoms. The van der Waals surface area contributed by atoms with E-state index in [0.29, 0.717) is 0 Å². The van der Waals surface area contributed by atoms with Gasteiger partial charge >= 0.3 is 0 Å². The maximum absolute atomic E-state index is 6.33. The van der Waals surface area contributed by atoms with Crippen molar-refractivity contribution in [2.45, 2.75) is 96.4 Å². The van der Waals surface area contributed by atoms with Gasteiger partial charge < -0.3 is 9.47 Å². The first-order chi connectivity index (χ1) is 14.0. The van der Waals surface area contributed by atoms with Gasteiger partial charge in [-0.25, -0.2) is 0 Å². The van der Waals surface area contributed by atoms with Gasteiger partial charge in [0, 0.05) is 11.8 Å². The molecule has 4 atom stereocenters. The third-order valence-corrected chi connectivity index (χ3v) is 13.6. The van der Waals surface area contributed by atoms with Gasteiger partial charge in [-0.15, -0.1) is 0 Å². The highest BCUT2D eigenvalue weighted by molar-refractivity contribution is 6.98. The molecule has 0 radical (unpaired) electrons. The Kier molecular flexibility index (Phi) is 4.85. The third-order valence-electron chi connectivity index (χ3n) is 9.28. The summed E-state index contributed by atoms with van der Waals surface area (Å²) in [5, 5.41) is 3.52. The largest absolute Gasteiger partial charge is 0.347 e. The van der Waals surface area contributed by atoms with E-state index in [1.54, 1.807) is 21.5 Å². The van der Waals surface area contributed by atoms with E-state index >= 15 is 0 Å². The van der Waals surface area contributed by atoms with Crippen molar-refractivity contribution in [3.63, 3.8) is 0 Å². The van der Waals surface area contributed by atoms with Crippen molar-refractivity contribution >= 4 is 26.5 Å². The second kappa shape index (κ2) is 6.79. The van der Waals surface area contributed by atoms with Crippen LogP contribution in [0.25, 0.3) is 0 Å². The van der Waals surface area contributed by atoms with E-state index in [0.717, 1.165) is 37.4 Å². The van der Waals surface area contributed by atoms with Gasteiger partial charge in [0.25, 0.3) is 0 Å². The summed E-state index contributed by atoms with van der Waals surface area (Å²) in [6, 6.07) is 5.43. The van der Waals surface area contributed by atoms with Crippen molar-refractivity contribution in [2.75, 3.05) is 13.2 Å². The molecule has 1 saturated heterocycles. The van der Waals surface area contributed by atoms with Gasteiger partial charge in [0.2, 0.25) is 0 Å². The Morgan fingerprint density at radius 1 is 0.833 bits per heavy atom. The predicted octanol–water partition coefficient (Wildman–Crippen LogP) is 5.38. The molecule has 1 aliphatic heterocycles. The molecule has 0 bridgehead atoms. The van der Waals surface area contributed by atoms with Crippen LogP contribution in [0.4, 0.5) is 0 Å². The smallest absolute Gasteiger partial charge is 0.174 e. The van der Waals surface area contributed by atoms with Crippen LogP contribution in [0.15, 0.2) is 12.1 Å². The van der Waals surface area contributed by atoms with Crippen LogP contribution in [0.1, 0.15) is 56.1 Å². The Bertz CT molecular complexity index is 844. The van der Waals surface area contributed by atoms with E-state index in [1.807, 2.05) is 0 Å². The summed E-state index contributed by atoms with van der Waals surface area (Å²) in [6.07, 6.45) is 7.62. The average Bonchev–Trinajstić information content (AvgIpc) is 3.25. The van der Waals surface area contributed by atoms with Crippen LogP contribution in [0.5, 0.6) is 0 Å². The number of rotatable bonds is 2. The minimum absolute atomic E-state index is 0.210. The van der Waals surface area contributed by atoms with Gasteiger partial charge in [-0.05, 0) is 61.0 Å². The van der Waals surface area contributed by atoms with Gasteiger partial charge in [0.05, 0.1) is 29.4 Å². The predicted molar refractivity (Wildman–Crippen MR) is 132 cm³/mol. The minimum atomic E-state index is -1.38.